The van der Waals surface area contributed by atoms with Crippen molar-refractivity contribution >= 4 is 81.3 Å². The van der Waals surface area contributed by atoms with Crippen LogP contribution in [-0.2, 0) is 12.4 Å². The lowest BCUT2D eigenvalue weighted by Gasteiger charge is -2.35. The molecule has 2 aromatic carbocycles. The third-order valence-corrected chi connectivity index (χ3v) is 12.9. The number of piperazine rings is 2. The fourth-order valence-corrected chi connectivity index (χ4v) is 9.35. The Hall–Kier alpha value is -4.53. The van der Waals surface area contributed by atoms with Crippen LogP contribution in [0.2, 0.25) is 8.67 Å². The molecule has 8 rings (SSSR count). The number of anilines is 2. The first-order valence-corrected chi connectivity index (χ1v) is 23.1. The Bertz CT molecular complexity index is 2440. The highest BCUT2D eigenvalue weighted by Gasteiger charge is 2.22. The molecule has 10 nitrogen and oxygen atoms in total. The minimum Gasteiger partial charge on any atom is -0.349 e. The van der Waals surface area contributed by atoms with E-state index in [1.54, 1.807) is 29.4 Å². The lowest BCUT2D eigenvalue weighted by Crippen LogP contribution is -2.49. The Morgan fingerprint density at radius 1 is 0.656 bits per heavy atom. The third kappa shape index (κ3) is 14.5. The number of nitrogens with zero attached hydrogens (tertiary/aromatic N) is 7. The van der Waals surface area contributed by atoms with Gasteiger partial charge in [0.1, 0.15) is 0 Å². The molecule has 2 aliphatic rings. The van der Waals surface area contributed by atoms with E-state index < -0.39 is 0 Å². The molecule has 2 fully saturated rings. The summed E-state index contributed by atoms with van der Waals surface area (Å²) < 4.78 is 3.25. The second kappa shape index (κ2) is 23.6. The first-order chi connectivity index (χ1) is 29.6. The van der Waals surface area contributed by atoms with E-state index >= 15 is 0 Å². The average molecular weight is 918 g/mol. The Morgan fingerprint density at radius 3 is 1.61 bits per heavy atom. The number of aromatic amines is 1. The molecule has 0 atom stereocenters. The minimum absolute atomic E-state index is 0.0457. The van der Waals surface area contributed by atoms with Gasteiger partial charge < -0.3 is 19.4 Å². The van der Waals surface area contributed by atoms with E-state index in [1.165, 1.54) is 44.9 Å². The van der Waals surface area contributed by atoms with Crippen LogP contribution in [0.3, 0.4) is 0 Å². The molecule has 6 heterocycles. The van der Waals surface area contributed by atoms with Gasteiger partial charge in [-0.2, -0.15) is 0 Å². The molecule has 0 unspecified atom stereocenters. The van der Waals surface area contributed by atoms with Crippen molar-refractivity contribution in [3.8, 4) is 0 Å². The normalized spacial score (nSPS) is 15.2. The van der Waals surface area contributed by atoms with Crippen molar-refractivity contribution < 1.29 is 0 Å². The molecule has 15 heteroatoms. The maximum absolute atomic E-state index is 12.9. The molecule has 0 aliphatic carbocycles. The Balaban J connectivity index is 0.000000177. The van der Waals surface area contributed by atoms with Crippen molar-refractivity contribution in [3.05, 3.63) is 171 Å². The van der Waals surface area contributed by atoms with E-state index in [1.807, 2.05) is 36.4 Å². The Kier molecular flexibility index (Phi) is 17.8. The SMILES string of the molecule is C/C(=C\c1ccccc1)CN1CCN(c2ncc[nH]c2=O)CC1.C/C(=C\c1ccccc1)CN1CCN(c2nccn(Cc3ccc(Cl)s3)c2=O)CC1.ClCc1ccc(Cl)s1. The number of rotatable bonds is 11. The summed E-state index contributed by atoms with van der Waals surface area (Å²) in [7, 11) is 0. The maximum Gasteiger partial charge on any atom is 0.293 e. The summed E-state index contributed by atoms with van der Waals surface area (Å²) in [6, 6.07) is 28.4. The van der Waals surface area contributed by atoms with Crippen LogP contribution >= 0.6 is 57.5 Å². The van der Waals surface area contributed by atoms with Crippen molar-refractivity contribution in [1.82, 2.24) is 29.3 Å². The van der Waals surface area contributed by atoms with Crippen LogP contribution in [0.25, 0.3) is 12.2 Å². The fourth-order valence-electron chi connectivity index (χ4n) is 7.07. The number of thiophene rings is 2. The van der Waals surface area contributed by atoms with Crippen molar-refractivity contribution in [2.75, 3.05) is 75.2 Å². The molecular weight excluding hydrogens is 867 g/mol. The Labute approximate surface area is 381 Å². The van der Waals surface area contributed by atoms with Gasteiger partial charge in [-0.25, -0.2) is 9.97 Å². The highest BCUT2D eigenvalue weighted by Crippen LogP contribution is 2.23. The maximum atomic E-state index is 12.9. The number of H-pyrrole nitrogens is 1. The summed E-state index contributed by atoms with van der Waals surface area (Å²) in [4.78, 5) is 47.2. The van der Waals surface area contributed by atoms with Gasteiger partial charge in [0.05, 0.1) is 21.1 Å². The van der Waals surface area contributed by atoms with E-state index in [0.29, 0.717) is 24.1 Å². The molecule has 0 saturated carbocycles. The van der Waals surface area contributed by atoms with Crippen LogP contribution in [0.5, 0.6) is 0 Å². The van der Waals surface area contributed by atoms with Gasteiger partial charge in [-0.3, -0.25) is 19.4 Å². The van der Waals surface area contributed by atoms with Crippen molar-refractivity contribution in [2.45, 2.75) is 26.3 Å². The summed E-state index contributed by atoms with van der Waals surface area (Å²) in [5.74, 6) is 1.64. The molecular formula is C46H51Cl3N8O2S2. The van der Waals surface area contributed by atoms with Gasteiger partial charge in [0, 0.05) is 100.0 Å². The molecule has 320 valence electrons. The number of alkyl halides is 1. The fraction of sp³-hybridized carbons (Fsp3) is 0.304. The van der Waals surface area contributed by atoms with Gasteiger partial charge in [0.25, 0.3) is 11.1 Å². The molecule has 0 radical (unpaired) electrons. The van der Waals surface area contributed by atoms with E-state index in [4.69, 9.17) is 34.8 Å². The molecule has 0 amide bonds. The quantitative estimate of drug-likeness (QED) is 0.129. The van der Waals surface area contributed by atoms with Crippen LogP contribution in [0.1, 0.15) is 34.7 Å². The molecule has 0 bridgehead atoms. The van der Waals surface area contributed by atoms with E-state index in [2.05, 4.69) is 109 Å². The topological polar surface area (TPSA) is 93.6 Å². The highest BCUT2D eigenvalue weighted by molar-refractivity contribution is 7.16. The van der Waals surface area contributed by atoms with Crippen LogP contribution in [0.4, 0.5) is 11.6 Å². The number of benzene rings is 2. The van der Waals surface area contributed by atoms with Crippen molar-refractivity contribution in [2.24, 2.45) is 0 Å². The van der Waals surface area contributed by atoms with E-state index in [0.717, 1.165) is 83.9 Å². The van der Waals surface area contributed by atoms with Crippen LogP contribution < -0.4 is 20.9 Å². The summed E-state index contributed by atoms with van der Waals surface area (Å²) in [6.07, 6.45) is 11.1. The van der Waals surface area contributed by atoms with Crippen molar-refractivity contribution in [3.63, 3.8) is 0 Å². The molecule has 6 aromatic rings. The predicted octanol–water partition coefficient (Wildman–Crippen LogP) is 9.37. The third-order valence-electron chi connectivity index (χ3n) is 10.0. The summed E-state index contributed by atoms with van der Waals surface area (Å²) in [6.45, 7) is 13.7. The van der Waals surface area contributed by atoms with Gasteiger partial charge in [0.2, 0.25) is 0 Å². The molecule has 0 spiro atoms. The molecule has 61 heavy (non-hydrogen) atoms. The van der Waals surface area contributed by atoms with Gasteiger partial charge in [-0.15, -0.1) is 34.3 Å². The molecule has 1 N–H and O–H groups in total. The highest BCUT2D eigenvalue weighted by atomic mass is 35.5. The first kappa shape index (κ1) is 46.0. The number of hydrogen-bond donors (Lipinski definition) is 1. The lowest BCUT2D eigenvalue weighted by atomic mass is 10.1. The zero-order valence-corrected chi connectivity index (χ0v) is 38.3. The molecule has 2 saturated heterocycles. The predicted molar refractivity (Wildman–Crippen MR) is 258 cm³/mol. The standard InChI is InChI=1S/C23H25ClN4OS.C18H22N4O.C5H4Cl2S/c1-18(15-19-5-3-2-4-6-19)16-26-11-13-27(14-12-26)22-23(29)28(10-9-25-22)17-20-7-8-21(24)30-20;1-15(13-16-5-3-2-4-6-16)14-21-9-11-22(12-10-21)17-18(23)20-8-7-19-17;6-3-4-1-2-5(7)8-4/h2-10,15H,11-14,16-17H2,1H3;2-8,13H,9-12,14H2,1H3,(H,20,23);1-2H,3H2/b18-15+;15-13+;. The molecule has 2 aliphatic heterocycles. The van der Waals surface area contributed by atoms with E-state index in [9.17, 15) is 9.59 Å². The lowest BCUT2D eigenvalue weighted by molar-refractivity contribution is 0.278. The average Bonchev–Trinajstić information content (AvgIpc) is 3.90. The number of halogens is 3. The van der Waals surface area contributed by atoms with Crippen molar-refractivity contribution in [1.29, 1.82) is 0 Å². The zero-order chi connectivity index (χ0) is 43.0. The monoisotopic (exact) mass is 916 g/mol. The summed E-state index contributed by atoms with van der Waals surface area (Å²) in [5.41, 5.74) is 5.00. The first-order valence-electron chi connectivity index (χ1n) is 20.2. The van der Waals surface area contributed by atoms with Gasteiger partial charge in [-0.1, -0.05) is 107 Å². The second-order valence-electron chi connectivity index (χ2n) is 14.8. The largest absolute Gasteiger partial charge is 0.349 e. The van der Waals surface area contributed by atoms with Crippen LogP contribution in [0.15, 0.2) is 130 Å². The minimum atomic E-state index is -0.110. The zero-order valence-electron chi connectivity index (χ0n) is 34.4. The number of nitrogens with one attached hydrogen (secondary N) is 1. The van der Waals surface area contributed by atoms with E-state index in [-0.39, 0.29) is 11.1 Å². The number of hydrogen-bond acceptors (Lipinski definition) is 10. The molecule has 4 aromatic heterocycles. The smallest absolute Gasteiger partial charge is 0.293 e. The second-order valence-corrected chi connectivity index (χ2v) is 18.7. The van der Waals surface area contributed by atoms with Gasteiger partial charge in [0.15, 0.2) is 11.6 Å². The van der Waals surface area contributed by atoms with Gasteiger partial charge in [-0.05, 0) is 49.2 Å². The van der Waals surface area contributed by atoms with Crippen LogP contribution in [-0.4, -0.2) is 94.8 Å². The summed E-state index contributed by atoms with van der Waals surface area (Å²) >= 11 is 20.1. The number of aromatic nitrogens is 4. The van der Waals surface area contributed by atoms with Gasteiger partial charge >= 0.3 is 0 Å². The van der Waals surface area contributed by atoms with Crippen LogP contribution in [0, 0.1) is 0 Å². The summed E-state index contributed by atoms with van der Waals surface area (Å²) in [5, 5.41) is 0. The Morgan fingerprint density at radius 2 is 1.15 bits per heavy atom.